The average molecular weight is 449 g/mol. The second kappa shape index (κ2) is 8.50. The third-order valence-corrected chi connectivity index (χ3v) is 6.42. The summed E-state index contributed by atoms with van der Waals surface area (Å²) in [7, 11) is 3.26. The van der Waals surface area contributed by atoms with Gasteiger partial charge in [-0.25, -0.2) is 0 Å². The quantitative estimate of drug-likeness (QED) is 0.565. The van der Waals surface area contributed by atoms with E-state index in [0.717, 1.165) is 57.7 Å². The number of phenols is 1. The van der Waals surface area contributed by atoms with Crippen LogP contribution in [0.3, 0.4) is 0 Å². The number of benzene rings is 2. The van der Waals surface area contributed by atoms with Gasteiger partial charge in [-0.1, -0.05) is 0 Å². The number of hydrogen-bond donors (Lipinski definition) is 2. The van der Waals surface area contributed by atoms with Gasteiger partial charge in [0.1, 0.15) is 5.75 Å². The SMILES string of the molecule is COc1cc2c(cc1OC)-c1c(C(=O)NC(C)C)c(-c3cc(C)c(O)c(C)c3)c(C)n1CC2. The Kier molecular flexibility index (Phi) is 5.87. The molecule has 6 heteroatoms. The van der Waals surface area contributed by atoms with E-state index in [1.54, 1.807) is 14.2 Å². The van der Waals surface area contributed by atoms with Crippen LogP contribution in [0, 0.1) is 20.8 Å². The summed E-state index contributed by atoms with van der Waals surface area (Å²) in [6, 6.07) is 7.90. The van der Waals surface area contributed by atoms with E-state index in [1.165, 1.54) is 0 Å². The number of carbonyl (C=O) groups excluding carboxylic acids is 1. The van der Waals surface area contributed by atoms with Crippen molar-refractivity contribution in [2.75, 3.05) is 14.2 Å². The van der Waals surface area contributed by atoms with E-state index in [9.17, 15) is 9.90 Å². The van der Waals surface area contributed by atoms with Gasteiger partial charge >= 0.3 is 0 Å². The summed E-state index contributed by atoms with van der Waals surface area (Å²) >= 11 is 0. The molecule has 2 heterocycles. The van der Waals surface area contributed by atoms with Crippen molar-refractivity contribution in [2.24, 2.45) is 0 Å². The van der Waals surface area contributed by atoms with Crippen molar-refractivity contribution in [1.29, 1.82) is 0 Å². The molecule has 2 aromatic carbocycles. The van der Waals surface area contributed by atoms with Crippen LogP contribution in [0.1, 0.15) is 46.6 Å². The minimum atomic E-state index is -0.108. The van der Waals surface area contributed by atoms with E-state index in [-0.39, 0.29) is 17.7 Å². The van der Waals surface area contributed by atoms with E-state index < -0.39 is 0 Å². The summed E-state index contributed by atoms with van der Waals surface area (Å²) < 4.78 is 13.3. The number of nitrogens with one attached hydrogen (secondary N) is 1. The molecule has 1 aliphatic heterocycles. The van der Waals surface area contributed by atoms with Gasteiger partial charge in [-0.3, -0.25) is 4.79 Å². The third-order valence-electron chi connectivity index (χ3n) is 6.42. The molecule has 1 aliphatic rings. The number of aromatic hydroxyl groups is 1. The number of hydrogen-bond acceptors (Lipinski definition) is 4. The predicted molar refractivity (Wildman–Crippen MR) is 131 cm³/mol. The predicted octanol–water partition coefficient (Wildman–Crippen LogP) is 5.16. The van der Waals surface area contributed by atoms with Crippen LogP contribution >= 0.6 is 0 Å². The lowest BCUT2D eigenvalue weighted by Crippen LogP contribution is -2.31. The molecule has 174 valence electrons. The Hall–Kier alpha value is -3.41. The van der Waals surface area contributed by atoms with Gasteiger partial charge in [0.15, 0.2) is 11.5 Å². The number of nitrogens with zero attached hydrogens (tertiary/aromatic N) is 1. The van der Waals surface area contributed by atoms with E-state index >= 15 is 0 Å². The highest BCUT2D eigenvalue weighted by Gasteiger charge is 2.32. The molecule has 0 saturated heterocycles. The fraction of sp³-hybridized carbons (Fsp3) is 0.370. The number of phenolic OH excluding ortho intramolecular Hbond substituents is 1. The molecule has 1 aromatic heterocycles. The summed E-state index contributed by atoms with van der Waals surface area (Å²) in [6.07, 6.45) is 0.830. The van der Waals surface area contributed by atoms with Gasteiger partial charge in [0.05, 0.1) is 25.5 Å². The molecule has 0 fully saturated rings. The smallest absolute Gasteiger partial charge is 0.254 e. The second-order valence-corrected chi connectivity index (χ2v) is 9.04. The highest BCUT2D eigenvalue weighted by molar-refractivity contribution is 6.08. The molecule has 0 aliphatic carbocycles. The number of amides is 1. The van der Waals surface area contributed by atoms with Crippen LogP contribution in [-0.4, -0.2) is 35.8 Å². The molecule has 0 spiro atoms. The first-order chi connectivity index (χ1) is 15.7. The van der Waals surface area contributed by atoms with Gasteiger partial charge in [-0.15, -0.1) is 0 Å². The summed E-state index contributed by atoms with van der Waals surface area (Å²) in [5, 5.41) is 13.4. The molecule has 33 heavy (non-hydrogen) atoms. The van der Waals surface area contributed by atoms with E-state index in [4.69, 9.17) is 9.47 Å². The van der Waals surface area contributed by atoms with Gasteiger partial charge in [0, 0.05) is 29.4 Å². The van der Waals surface area contributed by atoms with Crippen molar-refractivity contribution in [3.63, 3.8) is 0 Å². The van der Waals surface area contributed by atoms with Gasteiger partial charge in [-0.2, -0.15) is 0 Å². The number of ether oxygens (including phenoxy) is 2. The number of carbonyl (C=O) groups is 1. The maximum absolute atomic E-state index is 13.6. The molecule has 0 bridgehead atoms. The summed E-state index contributed by atoms with van der Waals surface area (Å²) in [5.74, 6) is 1.50. The molecule has 6 nitrogen and oxygen atoms in total. The zero-order valence-corrected chi connectivity index (χ0v) is 20.4. The Morgan fingerprint density at radius 2 is 1.64 bits per heavy atom. The normalized spacial score (nSPS) is 12.4. The lowest BCUT2D eigenvalue weighted by Gasteiger charge is -2.23. The standard InChI is InChI=1S/C27H32N2O4/c1-14(2)28-27(31)24-23(19-10-15(3)26(30)16(4)11-19)17(5)29-9-8-18-12-21(32-6)22(33-7)13-20(18)25(24)29/h10-14,30H,8-9H2,1-7H3,(H,28,31). The summed E-state index contributed by atoms with van der Waals surface area (Å²) in [4.78, 5) is 13.6. The number of fused-ring (bicyclic) bond motifs is 3. The average Bonchev–Trinajstić information content (AvgIpc) is 3.08. The van der Waals surface area contributed by atoms with Crippen molar-refractivity contribution in [3.05, 3.63) is 52.2 Å². The van der Waals surface area contributed by atoms with Crippen molar-refractivity contribution in [2.45, 2.75) is 53.6 Å². The Balaban J connectivity index is 2.06. The number of rotatable bonds is 5. The minimum absolute atomic E-state index is 0.00189. The summed E-state index contributed by atoms with van der Waals surface area (Å²) in [6.45, 7) is 10.5. The maximum atomic E-state index is 13.6. The molecule has 0 unspecified atom stereocenters. The highest BCUT2D eigenvalue weighted by atomic mass is 16.5. The van der Waals surface area contributed by atoms with Gasteiger partial charge in [0.25, 0.3) is 5.91 Å². The molecule has 2 N–H and O–H groups in total. The lowest BCUT2D eigenvalue weighted by atomic mass is 9.92. The fourth-order valence-corrected chi connectivity index (χ4v) is 4.89. The van der Waals surface area contributed by atoms with Crippen LogP contribution < -0.4 is 14.8 Å². The summed E-state index contributed by atoms with van der Waals surface area (Å²) in [5.41, 5.74) is 8.09. The molecule has 0 radical (unpaired) electrons. The molecule has 0 saturated carbocycles. The lowest BCUT2D eigenvalue weighted by molar-refractivity contribution is 0.0944. The third kappa shape index (κ3) is 3.73. The van der Waals surface area contributed by atoms with Gasteiger partial charge < -0.3 is 24.5 Å². The topological polar surface area (TPSA) is 72.7 Å². The molecular weight excluding hydrogens is 416 g/mol. The van der Waals surface area contributed by atoms with Crippen LogP contribution in [0.15, 0.2) is 24.3 Å². The van der Waals surface area contributed by atoms with Gasteiger partial charge in [-0.05, 0) is 87.6 Å². The van der Waals surface area contributed by atoms with Crippen LogP contribution in [0.4, 0.5) is 0 Å². The van der Waals surface area contributed by atoms with Crippen molar-refractivity contribution in [1.82, 2.24) is 9.88 Å². The zero-order valence-electron chi connectivity index (χ0n) is 20.4. The number of methoxy groups -OCH3 is 2. The molecule has 0 atom stereocenters. The Bertz CT molecular complexity index is 1230. The van der Waals surface area contributed by atoms with E-state index in [0.29, 0.717) is 17.1 Å². The first kappa shape index (κ1) is 22.8. The second-order valence-electron chi connectivity index (χ2n) is 9.04. The van der Waals surface area contributed by atoms with Crippen LogP contribution in [0.25, 0.3) is 22.4 Å². The van der Waals surface area contributed by atoms with Crippen molar-refractivity contribution < 1.29 is 19.4 Å². The van der Waals surface area contributed by atoms with Crippen LogP contribution in [0.5, 0.6) is 17.2 Å². The molecule has 3 aromatic rings. The molecular formula is C27H32N2O4. The Labute approximate surface area is 195 Å². The zero-order chi connectivity index (χ0) is 24.0. The maximum Gasteiger partial charge on any atom is 0.254 e. The van der Waals surface area contributed by atoms with E-state index in [2.05, 4.69) is 16.8 Å². The largest absolute Gasteiger partial charge is 0.507 e. The Morgan fingerprint density at radius 3 is 2.21 bits per heavy atom. The molecule has 1 amide bonds. The molecule has 4 rings (SSSR count). The van der Waals surface area contributed by atoms with Crippen molar-refractivity contribution >= 4 is 5.91 Å². The number of aryl methyl sites for hydroxylation is 3. The van der Waals surface area contributed by atoms with Gasteiger partial charge in [0.2, 0.25) is 0 Å². The minimum Gasteiger partial charge on any atom is -0.507 e. The van der Waals surface area contributed by atoms with Crippen molar-refractivity contribution in [3.8, 4) is 39.6 Å². The van der Waals surface area contributed by atoms with Crippen LogP contribution in [0.2, 0.25) is 0 Å². The van der Waals surface area contributed by atoms with E-state index in [1.807, 2.05) is 52.0 Å². The highest BCUT2D eigenvalue weighted by Crippen LogP contribution is 2.45. The number of aromatic nitrogens is 1. The Morgan fingerprint density at radius 1 is 1.03 bits per heavy atom. The fourth-order valence-electron chi connectivity index (χ4n) is 4.89. The first-order valence-corrected chi connectivity index (χ1v) is 11.3. The first-order valence-electron chi connectivity index (χ1n) is 11.3. The van der Waals surface area contributed by atoms with Crippen LogP contribution in [-0.2, 0) is 13.0 Å². The monoisotopic (exact) mass is 448 g/mol.